The first-order valence-electron chi connectivity index (χ1n) is 7.18. The average molecular weight is 291 g/mol. The molecule has 0 radical (unpaired) electrons. The van der Waals surface area contributed by atoms with E-state index >= 15 is 0 Å². The van der Waals surface area contributed by atoms with Crippen molar-refractivity contribution >= 4 is 18.3 Å². The van der Waals surface area contributed by atoms with Gasteiger partial charge in [0.15, 0.2) is 0 Å². The van der Waals surface area contributed by atoms with E-state index in [1.54, 1.807) is 0 Å². The molecular weight excluding hydrogens is 264 g/mol. The smallest absolute Gasteiger partial charge is 0.225 e. The number of piperidine rings is 1. The van der Waals surface area contributed by atoms with Crippen molar-refractivity contribution in [1.82, 2.24) is 10.6 Å². The highest BCUT2D eigenvalue weighted by Gasteiger charge is 2.32. The summed E-state index contributed by atoms with van der Waals surface area (Å²) >= 11 is 0. The SMILES string of the molecule is CC1(C)CCCNC1CNC(=O)C1CCCOC1.Cl. The van der Waals surface area contributed by atoms with Gasteiger partial charge in [-0.15, -0.1) is 12.4 Å². The summed E-state index contributed by atoms with van der Waals surface area (Å²) in [5, 5.41) is 6.62. The summed E-state index contributed by atoms with van der Waals surface area (Å²) in [5.41, 5.74) is 0.272. The van der Waals surface area contributed by atoms with Crippen LogP contribution in [-0.2, 0) is 9.53 Å². The third kappa shape index (κ3) is 4.62. The van der Waals surface area contributed by atoms with Crippen LogP contribution in [-0.4, -0.2) is 38.3 Å². The van der Waals surface area contributed by atoms with Gasteiger partial charge in [-0.1, -0.05) is 13.8 Å². The van der Waals surface area contributed by atoms with Crippen LogP contribution in [0.2, 0.25) is 0 Å². The van der Waals surface area contributed by atoms with Crippen LogP contribution in [0, 0.1) is 11.3 Å². The number of amides is 1. The second kappa shape index (κ2) is 7.46. The molecule has 2 aliphatic heterocycles. The van der Waals surface area contributed by atoms with E-state index in [0.717, 1.165) is 32.5 Å². The molecule has 2 saturated heterocycles. The number of ether oxygens (including phenoxy) is 1. The highest BCUT2D eigenvalue weighted by atomic mass is 35.5. The normalized spacial score (nSPS) is 30.2. The van der Waals surface area contributed by atoms with Crippen molar-refractivity contribution in [2.45, 2.75) is 45.6 Å². The van der Waals surface area contributed by atoms with Crippen molar-refractivity contribution in [3.63, 3.8) is 0 Å². The Balaban J connectivity index is 0.00000180. The monoisotopic (exact) mass is 290 g/mol. The highest BCUT2D eigenvalue weighted by molar-refractivity contribution is 5.85. The van der Waals surface area contributed by atoms with E-state index in [1.807, 2.05) is 0 Å². The molecule has 2 atom stereocenters. The van der Waals surface area contributed by atoms with Gasteiger partial charge in [-0.2, -0.15) is 0 Å². The van der Waals surface area contributed by atoms with Crippen molar-refractivity contribution in [3.05, 3.63) is 0 Å². The highest BCUT2D eigenvalue weighted by Crippen LogP contribution is 2.29. The number of carbonyl (C=O) groups excluding carboxylic acids is 1. The first-order chi connectivity index (χ1) is 8.59. The van der Waals surface area contributed by atoms with Crippen LogP contribution in [0.1, 0.15) is 39.5 Å². The van der Waals surface area contributed by atoms with Gasteiger partial charge in [0.2, 0.25) is 5.91 Å². The van der Waals surface area contributed by atoms with Gasteiger partial charge >= 0.3 is 0 Å². The summed E-state index contributed by atoms with van der Waals surface area (Å²) in [6.07, 6.45) is 4.43. The Morgan fingerprint density at radius 2 is 2.21 bits per heavy atom. The van der Waals surface area contributed by atoms with Crippen molar-refractivity contribution < 1.29 is 9.53 Å². The summed E-state index contributed by atoms with van der Waals surface area (Å²) in [5.74, 6) is 0.225. The number of hydrogen-bond acceptors (Lipinski definition) is 3. The molecule has 0 spiro atoms. The van der Waals surface area contributed by atoms with Crippen LogP contribution in [0.4, 0.5) is 0 Å². The molecule has 4 nitrogen and oxygen atoms in total. The van der Waals surface area contributed by atoms with Gasteiger partial charge in [0, 0.05) is 19.2 Å². The lowest BCUT2D eigenvalue weighted by molar-refractivity contribution is -0.129. The van der Waals surface area contributed by atoms with E-state index in [0.29, 0.717) is 12.6 Å². The van der Waals surface area contributed by atoms with E-state index in [2.05, 4.69) is 24.5 Å². The Morgan fingerprint density at radius 1 is 1.42 bits per heavy atom. The molecule has 2 rings (SSSR count). The fourth-order valence-corrected chi connectivity index (χ4v) is 2.91. The van der Waals surface area contributed by atoms with Crippen LogP contribution in [0.5, 0.6) is 0 Å². The van der Waals surface area contributed by atoms with E-state index in [1.165, 1.54) is 12.8 Å². The number of hydrogen-bond donors (Lipinski definition) is 2. The third-order valence-corrected chi connectivity index (χ3v) is 4.34. The van der Waals surface area contributed by atoms with Crippen molar-refractivity contribution in [1.29, 1.82) is 0 Å². The fourth-order valence-electron chi connectivity index (χ4n) is 2.91. The molecule has 112 valence electrons. The van der Waals surface area contributed by atoms with Gasteiger partial charge in [-0.3, -0.25) is 4.79 Å². The molecule has 2 heterocycles. The number of halogens is 1. The van der Waals surface area contributed by atoms with E-state index in [9.17, 15) is 4.79 Å². The van der Waals surface area contributed by atoms with Crippen molar-refractivity contribution in [2.24, 2.45) is 11.3 Å². The quantitative estimate of drug-likeness (QED) is 0.832. The summed E-state index contributed by atoms with van der Waals surface area (Å²) in [4.78, 5) is 12.0. The number of rotatable bonds is 3. The van der Waals surface area contributed by atoms with E-state index < -0.39 is 0 Å². The zero-order valence-electron chi connectivity index (χ0n) is 12.0. The van der Waals surface area contributed by atoms with Crippen molar-refractivity contribution in [2.75, 3.05) is 26.3 Å². The lowest BCUT2D eigenvalue weighted by Gasteiger charge is -2.39. The average Bonchev–Trinajstić information content (AvgIpc) is 2.38. The second-order valence-electron chi connectivity index (χ2n) is 6.26. The Morgan fingerprint density at radius 3 is 2.84 bits per heavy atom. The molecule has 2 N–H and O–H groups in total. The van der Waals surface area contributed by atoms with Crippen LogP contribution >= 0.6 is 12.4 Å². The molecule has 5 heteroatoms. The number of nitrogens with one attached hydrogen (secondary N) is 2. The maximum atomic E-state index is 12.0. The minimum atomic E-state index is 0. The molecule has 0 aromatic rings. The molecule has 0 aromatic heterocycles. The van der Waals surface area contributed by atoms with Crippen LogP contribution in [0.15, 0.2) is 0 Å². The molecular formula is C14H27ClN2O2. The molecule has 0 bridgehead atoms. The molecule has 2 unspecified atom stereocenters. The summed E-state index contributed by atoms with van der Waals surface area (Å²) in [7, 11) is 0. The Labute approximate surface area is 122 Å². The second-order valence-corrected chi connectivity index (χ2v) is 6.26. The first-order valence-corrected chi connectivity index (χ1v) is 7.18. The van der Waals surface area contributed by atoms with Crippen LogP contribution < -0.4 is 10.6 Å². The van der Waals surface area contributed by atoms with E-state index in [4.69, 9.17) is 4.74 Å². The third-order valence-electron chi connectivity index (χ3n) is 4.34. The molecule has 19 heavy (non-hydrogen) atoms. The number of carbonyl (C=O) groups is 1. The minimum Gasteiger partial charge on any atom is -0.381 e. The maximum absolute atomic E-state index is 12.0. The fraction of sp³-hybridized carbons (Fsp3) is 0.929. The zero-order chi connectivity index (χ0) is 13.0. The van der Waals surface area contributed by atoms with Gasteiger partial charge in [-0.05, 0) is 37.6 Å². The lowest BCUT2D eigenvalue weighted by atomic mass is 9.77. The van der Waals surface area contributed by atoms with Gasteiger partial charge in [0.05, 0.1) is 12.5 Å². The molecule has 1 amide bonds. The molecule has 0 saturated carbocycles. The van der Waals surface area contributed by atoms with Gasteiger partial charge in [0.25, 0.3) is 0 Å². The molecule has 0 aliphatic carbocycles. The summed E-state index contributed by atoms with van der Waals surface area (Å²) in [6.45, 7) is 7.76. The molecule has 2 aliphatic rings. The van der Waals surface area contributed by atoms with Crippen molar-refractivity contribution in [3.8, 4) is 0 Å². The standard InChI is InChI=1S/C14H26N2O2.ClH/c1-14(2)6-4-7-15-12(14)9-16-13(17)11-5-3-8-18-10-11;/h11-12,15H,3-10H2,1-2H3,(H,16,17);1H. The predicted molar refractivity (Wildman–Crippen MR) is 78.6 cm³/mol. The maximum Gasteiger partial charge on any atom is 0.225 e. The minimum absolute atomic E-state index is 0. The summed E-state index contributed by atoms with van der Waals surface area (Å²) < 4.78 is 5.36. The van der Waals surface area contributed by atoms with Gasteiger partial charge in [0.1, 0.15) is 0 Å². The summed E-state index contributed by atoms with van der Waals surface area (Å²) in [6, 6.07) is 0.389. The Bertz CT molecular complexity index is 291. The van der Waals surface area contributed by atoms with Crippen LogP contribution in [0.3, 0.4) is 0 Å². The van der Waals surface area contributed by atoms with Crippen LogP contribution in [0.25, 0.3) is 0 Å². The topological polar surface area (TPSA) is 50.4 Å². The van der Waals surface area contributed by atoms with Gasteiger partial charge in [-0.25, -0.2) is 0 Å². The predicted octanol–water partition coefficient (Wildman–Crippen LogP) is 1.73. The largest absolute Gasteiger partial charge is 0.381 e. The lowest BCUT2D eigenvalue weighted by Crippen LogP contribution is -2.53. The first kappa shape index (κ1) is 16.7. The Kier molecular flexibility index (Phi) is 6.57. The molecule has 2 fully saturated rings. The Hall–Kier alpha value is -0.320. The van der Waals surface area contributed by atoms with Gasteiger partial charge < -0.3 is 15.4 Å². The zero-order valence-corrected chi connectivity index (χ0v) is 12.9. The molecule has 0 aromatic carbocycles. The van der Waals surface area contributed by atoms with E-state index in [-0.39, 0.29) is 29.6 Å².